The van der Waals surface area contributed by atoms with E-state index in [1.807, 2.05) is 11.4 Å². The van der Waals surface area contributed by atoms with E-state index < -0.39 is 5.82 Å². The fourth-order valence-electron chi connectivity index (χ4n) is 1.57. The Balaban J connectivity index is 2.04. The summed E-state index contributed by atoms with van der Waals surface area (Å²) in [4.78, 5) is 8.82. The lowest BCUT2D eigenvalue weighted by molar-refractivity contribution is 0.464. The Labute approximate surface area is 116 Å². The van der Waals surface area contributed by atoms with Gasteiger partial charge in [0.05, 0.1) is 10.4 Å². The van der Waals surface area contributed by atoms with Gasteiger partial charge in [0.1, 0.15) is 16.4 Å². The Morgan fingerprint density at radius 3 is 2.89 bits per heavy atom. The van der Waals surface area contributed by atoms with Crippen LogP contribution in [0.3, 0.4) is 0 Å². The molecule has 2 heterocycles. The van der Waals surface area contributed by atoms with Gasteiger partial charge in [0.15, 0.2) is 0 Å². The van der Waals surface area contributed by atoms with Gasteiger partial charge in [-0.1, -0.05) is 11.6 Å². The van der Waals surface area contributed by atoms with Crippen molar-refractivity contribution in [2.75, 3.05) is 5.73 Å². The Bertz CT molecular complexity index is 762. The lowest BCUT2D eigenvalue weighted by Gasteiger charge is -2.06. The van der Waals surface area contributed by atoms with Gasteiger partial charge >= 0.3 is 0 Å². The molecule has 0 spiro atoms. The number of hydrogen-bond acceptors (Lipinski definition) is 5. The molecule has 96 valence electrons. The van der Waals surface area contributed by atoms with Crippen molar-refractivity contribution in [3.05, 3.63) is 40.5 Å². The Morgan fingerprint density at radius 1 is 1.26 bits per heavy atom. The molecule has 7 heteroatoms. The number of aromatic nitrogens is 2. The van der Waals surface area contributed by atoms with Crippen molar-refractivity contribution in [1.82, 2.24) is 9.97 Å². The van der Waals surface area contributed by atoms with Crippen LogP contribution in [0.15, 0.2) is 29.6 Å². The van der Waals surface area contributed by atoms with Crippen molar-refractivity contribution >= 4 is 39.1 Å². The number of ether oxygens (including phenoxy) is 1. The first-order valence-electron chi connectivity index (χ1n) is 5.27. The molecule has 19 heavy (non-hydrogen) atoms. The van der Waals surface area contributed by atoms with Gasteiger partial charge in [-0.15, -0.1) is 11.3 Å². The van der Waals surface area contributed by atoms with Crippen LogP contribution in [-0.4, -0.2) is 9.97 Å². The van der Waals surface area contributed by atoms with Gasteiger partial charge < -0.3 is 10.5 Å². The molecular formula is C12H7ClFN3OS. The third kappa shape index (κ3) is 2.32. The SMILES string of the molecule is Nc1nc(Oc2ccc(Cl)c(F)c2)c2ccsc2n1. The van der Waals surface area contributed by atoms with E-state index in [-0.39, 0.29) is 11.0 Å². The number of anilines is 1. The highest BCUT2D eigenvalue weighted by Crippen LogP contribution is 2.31. The van der Waals surface area contributed by atoms with E-state index in [0.717, 1.165) is 10.2 Å². The highest BCUT2D eigenvalue weighted by Gasteiger charge is 2.10. The molecule has 0 fully saturated rings. The maximum Gasteiger partial charge on any atom is 0.232 e. The molecule has 3 aromatic rings. The van der Waals surface area contributed by atoms with Crippen LogP contribution in [0.25, 0.3) is 10.2 Å². The van der Waals surface area contributed by atoms with Crippen LogP contribution in [0.1, 0.15) is 0 Å². The molecule has 0 unspecified atom stereocenters. The lowest BCUT2D eigenvalue weighted by atomic mass is 10.3. The van der Waals surface area contributed by atoms with E-state index >= 15 is 0 Å². The molecule has 0 aliphatic rings. The summed E-state index contributed by atoms with van der Waals surface area (Å²) in [6.45, 7) is 0. The minimum Gasteiger partial charge on any atom is -0.438 e. The van der Waals surface area contributed by atoms with Crippen LogP contribution in [0, 0.1) is 5.82 Å². The molecule has 0 radical (unpaired) electrons. The molecule has 2 N–H and O–H groups in total. The van der Waals surface area contributed by atoms with Gasteiger partial charge in [-0.25, -0.2) is 9.37 Å². The van der Waals surface area contributed by atoms with Crippen LogP contribution in [-0.2, 0) is 0 Å². The largest absolute Gasteiger partial charge is 0.438 e. The summed E-state index contributed by atoms with van der Waals surface area (Å²) >= 11 is 7.04. The Hall–Kier alpha value is -1.92. The van der Waals surface area contributed by atoms with Crippen LogP contribution in [0.5, 0.6) is 11.6 Å². The zero-order chi connectivity index (χ0) is 13.4. The number of benzene rings is 1. The topological polar surface area (TPSA) is 61.0 Å². The summed E-state index contributed by atoms with van der Waals surface area (Å²) in [5, 5.41) is 2.62. The summed E-state index contributed by atoms with van der Waals surface area (Å²) in [6.07, 6.45) is 0. The standard InChI is InChI=1S/C12H7ClFN3OS/c13-8-2-1-6(5-9(8)14)18-10-7-3-4-19-11(7)17-12(15)16-10/h1-5H,(H2,15,16,17). The van der Waals surface area contributed by atoms with E-state index in [4.69, 9.17) is 22.1 Å². The monoisotopic (exact) mass is 295 g/mol. The fraction of sp³-hybridized carbons (Fsp3) is 0. The molecule has 0 aliphatic heterocycles. The summed E-state index contributed by atoms with van der Waals surface area (Å²) in [7, 11) is 0. The minimum absolute atomic E-state index is 0.0373. The second kappa shape index (κ2) is 4.64. The van der Waals surface area contributed by atoms with Gasteiger partial charge in [0.2, 0.25) is 11.8 Å². The van der Waals surface area contributed by atoms with Gasteiger partial charge in [-0.2, -0.15) is 4.98 Å². The van der Waals surface area contributed by atoms with E-state index in [9.17, 15) is 4.39 Å². The average molecular weight is 296 g/mol. The molecule has 3 rings (SSSR count). The molecule has 0 saturated heterocycles. The van der Waals surface area contributed by atoms with Crippen LogP contribution < -0.4 is 10.5 Å². The first-order chi connectivity index (χ1) is 9.13. The predicted octanol–water partition coefficient (Wildman–Crippen LogP) is 3.86. The number of halogens is 2. The second-order valence-corrected chi connectivity index (χ2v) is 5.01. The third-order valence-corrected chi connectivity index (χ3v) is 3.53. The maximum atomic E-state index is 13.3. The molecule has 0 bridgehead atoms. The number of nitrogens with two attached hydrogens (primary N) is 1. The van der Waals surface area contributed by atoms with Crippen LogP contribution in [0.4, 0.5) is 10.3 Å². The van der Waals surface area contributed by atoms with E-state index in [1.165, 1.54) is 23.5 Å². The van der Waals surface area contributed by atoms with Crippen molar-refractivity contribution in [2.24, 2.45) is 0 Å². The summed E-state index contributed by atoms with van der Waals surface area (Å²) in [6, 6.07) is 5.99. The van der Waals surface area contributed by atoms with Crippen molar-refractivity contribution in [3.8, 4) is 11.6 Å². The molecule has 2 aromatic heterocycles. The van der Waals surface area contributed by atoms with Crippen molar-refractivity contribution in [3.63, 3.8) is 0 Å². The van der Waals surface area contributed by atoms with Crippen LogP contribution >= 0.6 is 22.9 Å². The number of rotatable bonds is 2. The second-order valence-electron chi connectivity index (χ2n) is 3.70. The van der Waals surface area contributed by atoms with Gasteiger partial charge in [0.25, 0.3) is 0 Å². The molecule has 1 aromatic carbocycles. The van der Waals surface area contributed by atoms with Crippen molar-refractivity contribution < 1.29 is 9.13 Å². The summed E-state index contributed by atoms with van der Waals surface area (Å²) < 4.78 is 18.9. The molecule has 0 amide bonds. The molecule has 0 aliphatic carbocycles. The minimum atomic E-state index is -0.553. The van der Waals surface area contributed by atoms with Gasteiger partial charge in [-0.05, 0) is 23.6 Å². The highest BCUT2D eigenvalue weighted by atomic mass is 35.5. The number of nitrogens with zero attached hydrogens (tertiary/aromatic N) is 2. The van der Waals surface area contributed by atoms with Gasteiger partial charge in [-0.3, -0.25) is 0 Å². The number of hydrogen-bond donors (Lipinski definition) is 1. The lowest BCUT2D eigenvalue weighted by Crippen LogP contribution is -1.97. The summed E-state index contributed by atoms with van der Waals surface area (Å²) in [5.41, 5.74) is 5.60. The first kappa shape index (κ1) is 12.1. The smallest absolute Gasteiger partial charge is 0.232 e. The summed E-state index contributed by atoms with van der Waals surface area (Å²) in [5.74, 6) is 0.153. The fourth-order valence-corrected chi connectivity index (χ4v) is 2.45. The average Bonchev–Trinajstić information content (AvgIpc) is 2.82. The molecule has 4 nitrogen and oxygen atoms in total. The number of nitrogen functional groups attached to an aromatic ring is 1. The van der Waals surface area contributed by atoms with Crippen molar-refractivity contribution in [1.29, 1.82) is 0 Å². The zero-order valence-electron chi connectivity index (χ0n) is 9.43. The van der Waals surface area contributed by atoms with Crippen molar-refractivity contribution in [2.45, 2.75) is 0 Å². The first-order valence-corrected chi connectivity index (χ1v) is 6.53. The molecule has 0 saturated carbocycles. The number of thiophene rings is 1. The van der Waals surface area contributed by atoms with E-state index in [0.29, 0.717) is 11.6 Å². The highest BCUT2D eigenvalue weighted by molar-refractivity contribution is 7.16. The molecular weight excluding hydrogens is 289 g/mol. The van der Waals surface area contributed by atoms with Crippen LogP contribution in [0.2, 0.25) is 5.02 Å². The Kier molecular flexibility index (Phi) is 2.96. The number of fused-ring (bicyclic) bond motifs is 1. The quantitative estimate of drug-likeness (QED) is 0.780. The predicted molar refractivity (Wildman–Crippen MR) is 73.3 cm³/mol. The van der Waals surface area contributed by atoms with E-state index in [1.54, 1.807) is 6.07 Å². The Morgan fingerprint density at radius 2 is 2.11 bits per heavy atom. The molecule has 0 atom stereocenters. The third-order valence-electron chi connectivity index (χ3n) is 2.41. The normalized spacial score (nSPS) is 10.8. The van der Waals surface area contributed by atoms with Gasteiger partial charge in [0, 0.05) is 6.07 Å². The van der Waals surface area contributed by atoms with E-state index in [2.05, 4.69) is 9.97 Å². The zero-order valence-corrected chi connectivity index (χ0v) is 11.0. The maximum absolute atomic E-state index is 13.3.